The maximum absolute atomic E-state index is 11.0. The molecule has 1 aliphatic rings. The molecule has 0 aliphatic carbocycles. The Kier molecular flexibility index (Phi) is 2.76. The molecule has 1 saturated heterocycles. The predicted octanol–water partition coefficient (Wildman–Crippen LogP) is 1.95. The molecular weight excluding hydrogens is 150 g/mol. The molecular formula is C10H19NO. The number of hydrogen-bond donors (Lipinski definition) is 1. The summed E-state index contributed by atoms with van der Waals surface area (Å²) in [6.45, 7) is 7.63. The smallest absolute Gasteiger partial charge is 0.220 e. The number of amides is 1. The van der Waals surface area contributed by atoms with Crippen molar-refractivity contribution in [3.63, 3.8) is 0 Å². The van der Waals surface area contributed by atoms with E-state index in [2.05, 4.69) is 26.1 Å². The standard InChI is InChI=1S/C10H19NO/c1-10(2,3)8-4-5-9(12)11-7-6-8/h8H,4-7H2,1-3H3,(H,11,12)/t8-/m0/s1. The van der Waals surface area contributed by atoms with Gasteiger partial charge in [0.1, 0.15) is 0 Å². The van der Waals surface area contributed by atoms with Gasteiger partial charge in [0.05, 0.1) is 0 Å². The van der Waals surface area contributed by atoms with Crippen molar-refractivity contribution < 1.29 is 4.79 Å². The maximum atomic E-state index is 11.0. The molecule has 1 amide bonds. The fourth-order valence-electron chi connectivity index (χ4n) is 1.79. The van der Waals surface area contributed by atoms with Crippen LogP contribution in [0.15, 0.2) is 0 Å². The van der Waals surface area contributed by atoms with E-state index in [4.69, 9.17) is 0 Å². The third-order valence-electron chi connectivity index (χ3n) is 2.76. The number of hydrogen-bond acceptors (Lipinski definition) is 1. The third kappa shape index (κ3) is 2.50. The highest BCUT2D eigenvalue weighted by molar-refractivity contribution is 5.76. The maximum Gasteiger partial charge on any atom is 0.220 e. The summed E-state index contributed by atoms with van der Waals surface area (Å²) in [6, 6.07) is 0. The molecule has 0 aromatic carbocycles. The zero-order valence-corrected chi connectivity index (χ0v) is 8.31. The molecule has 1 rings (SSSR count). The Hall–Kier alpha value is -0.530. The molecule has 1 fully saturated rings. The Morgan fingerprint density at radius 3 is 2.58 bits per heavy atom. The number of carbonyl (C=O) groups is 1. The lowest BCUT2D eigenvalue weighted by molar-refractivity contribution is -0.120. The molecule has 0 unspecified atom stereocenters. The quantitative estimate of drug-likeness (QED) is 0.590. The minimum Gasteiger partial charge on any atom is -0.356 e. The van der Waals surface area contributed by atoms with Crippen molar-refractivity contribution >= 4 is 5.91 Å². The van der Waals surface area contributed by atoms with Crippen molar-refractivity contribution in [2.24, 2.45) is 11.3 Å². The molecule has 0 saturated carbocycles. The fourth-order valence-corrected chi connectivity index (χ4v) is 1.79. The van der Waals surface area contributed by atoms with E-state index >= 15 is 0 Å². The molecule has 1 heterocycles. The first-order valence-electron chi connectivity index (χ1n) is 4.77. The van der Waals surface area contributed by atoms with Crippen LogP contribution in [0.5, 0.6) is 0 Å². The van der Waals surface area contributed by atoms with Crippen molar-refractivity contribution in [2.75, 3.05) is 6.54 Å². The van der Waals surface area contributed by atoms with Crippen molar-refractivity contribution in [3.8, 4) is 0 Å². The van der Waals surface area contributed by atoms with E-state index < -0.39 is 0 Å². The van der Waals surface area contributed by atoms with Crippen molar-refractivity contribution in [2.45, 2.75) is 40.0 Å². The summed E-state index contributed by atoms with van der Waals surface area (Å²) in [6.07, 6.45) is 2.90. The largest absolute Gasteiger partial charge is 0.356 e. The minimum absolute atomic E-state index is 0.224. The van der Waals surface area contributed by atoms with Crippen LogP contribution >= 0.6 is 0 Å². The van der Waals surface area contributed by atoms with Gasteiger partial charge in [0.25, 0.3) is 0 Å². The van der Waals surface area contributed by atoms with Crippen LogP contribution < -0.4 is 5.32 Å². The summed E-state index contributed by atoms with van der Waals surface area (Å²) >= 11 is 0. The average Bonchev–Trinajstić information content (AvgIpc) is 2.11. The number of carbonyl (C=O) groups excluding carboxylic acids is 1. The first kappa shape index (κ1) is 9.56. The van der Waals surface area contributed by atoms with Crippen LogP contribution in [-0.2, 0) is 4.79 Å². The zero-order valence-electron chi connectivity index (χ0n) is 8.31. The second kappa shape index (κ2) is 3.46. The van der Waals surface area contributed by atoms with E-state index in [-0.39, 0.29) is 5.91 Å². The molecule has 70 valence electrons. The third-order valence-corrected chi connectivity index (χ3v) is 2.76. The zero-order chi connectivity index (χ0) is 9.19. The topological polar surface area (TPSA) is 29.1 Å². The van der Waals surface area contributed by atoms with E-state index in [9.17, 15) is 4.79 Å². The minimum atomic E-state index is 0.224. The molecule has 1 N–H and O–H groups in total. The molecule has 0 aromatic rings. The normalized spacial score (nSPS) is 26.2. The Labute approximate surface area is 74.7 Å². The van der Waals surface area contributed by atoms with Gasteiger partial charge >= 0.3 is 0 Å². The van der Waals surface area contributed by atoms with Gasteiger partial charge in [0, 0.05) is 13.0 Å². The van der Waals surface area contributed by atoms with Gasteiger partial charge in [-0.25, -0.2) is 0 Å². The highest BCUT2D eigenvalue weighted by Gasteiger charge is 2.26. The van der Waals surface area contributed by atoms with Crippen LogP contribution in [0.4, 0.5) is 0 Å². The summed E-state index contributed by atoms with van der Waals surface area (Å²) < 4.78 is 0. The number of nitrogens with one attached hydrogen (secondary N) is 1. The Balaban J connectivity index is 2.52. The molecule has 0 spiro atoms. The van der Waals surface area contributed by atoms with Crippen molar-refractivity contribution in [1.82, 2.24) is 5.32 Å². The molecule has 1 atom stereocenters. The second-order valence-electron chi connectivity index (χ2n) is 4.74. The van der Waals surface area contributed by atoms with Gasteiger partial charge in [-0.1, -0.05) is 20.8 Å². The fraction of sp³-hybridized carbons (Fsp3) is 0.900. The van der Waals surface area contributed by atoms with Gasteiger partial charge in [-0.05, 0) is 24.2 Å². The molecule has 2 heteroatoms. The van der Waals surface area contributed by atoms with Gasteiger partial charge < -0.3 is 5.32 Å². The lowest BCUT2D eigenvalue weighted by Crippen LogP contribution is -2.23. The number of rotatable bonds is 0. The summed E-state index contributed by atoms with van der Waals surface area (Å²) in [4.78, 5) is 11.0. The Morgan fingerprint density at radius 2 is 2.00 bits per heavy atom. The second-order valence-corrected chi connectivity index (χ2v) is 4.74. The lowest BCUT2D eigenvalue weighted by Gasteiger charge is -2.29. The van der Waals surface area contributed by atoms with Crippen LogP contribution in [0.25, 0.3) is 0 Å². The van der Waals surface area contributed by atoms with E-state index in [0.29, 0.717) is 17.8 Å². The van der Waals surface area contributed by atoms with Gasteiger partial charge in [0.15, 0.2) is 0 Å². The van der Waals surface area contributed by atoms with Gasteiger partial charge in [-0.3, -0.25) is 4.79 Å². The molecule has 0 aromatic heterocycles. The van der Waals surface area contributed by atoms with Crippen LogP contribution in [0.1, 0.15) is 40.0 Å². The summed E-state index contributed by atoms with van der Waals surface area (Å²) in [5.74, 6) is 0.915. The van der Waals surface area contributed by atoms with E-state index in [1.165, 1.54) is 0 Å². The highest BCUT2D eigenvalue weighted by atomic mass is 16.1. The predicted molar refractivity (Wildman–Crippen MR) is 49.8 cm³/mol. The van der Waals surface area contributed by atoms with Crippen molar-refractivity contribution in [3.05, 3.63) is 0 Å². The molecule has 0 bridgehead atoms. The van der Waals surface area contributed by atoms with Gasteiger partial charge in [0.2, 0.25) is 5.91 Å². The van der Waals surface area contributed by atoms with Crippen LogP contribution in [0, 0.1) is 11.3 Å². The Bertz CT molecular complexity index is 169. The molecule has 0 radical (unpaired) electrons. The van der Waals surface area contributed by atoms with Crippen LogP contribution in [0.2, 0.25) is 0 Å². The Morgan fingerprint density at radius 1 is 1.33 bits per heavy atom. The van der Waals surface area contributed by atoms with Crippen LogP contribution in [-0.4, -0.2) is 12.5 Å². The summed E-state index contributed by atoms with van der Waals surface area (Å²) in [5, 5.41) is 2.91. The van der Waals surface area contributed by atoms with Crippen molar-refractivity contribution in [1.29, 1.82) is 0 Å². The molecule has 1 aliphatic heterocycles. The monoisotopic (exact) mass is 169 g/mol. The molecule has 2 nitrogen and oxygen atoms in total. The lowest BCUT2D eigenvalue weighted by atomic mass is 9.77. The van der Waals surface area contributed by atoms with E-state index in [1.54, 1.807) is 0 Å². The summed E-state index contributed by atoms with van der Waals surface area (Å²) in [5.41, 5.74) is 0.353. The SMILES string of the molecule is CC(C)(C)[C@@H]1CCNC(=O)CC1. The first-order valence-corrected chi connectivity index (χ1v) is 4.77. The summed E-state index contributed by atoms with van der Waals surface area (Å²) in [7, 11) is 0. The van der Waals surface area contributed by atoms with Gasteiger partial charge in [-0.2, -0.15) is 0 Å². The average molecular weight is 169 g/mol. The first-order chi connectivity index (χ1) is 5.50. The highest BCUT2D eigenvalue weighted by Crippen LogP contribution is 2.32. The molecule has 12 heavy (non-hydrogen) atoms. The van der Waals surface area contributed by atoms with E-state index in [1.807, 2.05) is 0 Å². The van der Waals surface area contributed by atoms with Crippen LogP contribution in [0.3, 0.4) is 0 Å². The van der Waals surface area contributed by atoms with E-state index in [0.717, 1.165) is 19.4 Å². The van der Waals surface area contributed by atoms with Gasteiger partial charge in [-0.15, -0.1) is 0 Å².